The van der Waals surface area contributed by atoms with Gasteiger partial charge in [0.15, 0.2) is 0 Å². The van der Waals surface area contributed by atoms with Gasteiger partial charge in [0, 0.05) is 13.7 Å². The SMILES string of the molecule is COC(C)(C)C.O=CN1CCC1S. The van der Waals surface area contributed by atoms with E-state index < -0.39 is 0 Å². The van der Waals surface area contributed by atoms with Crippen molar-refractivity contribution in [2.24, 2.45) is 0 Å². The third-order valence-corrected chi connectivity index (χ3v) is 2.33. The average molecular weight is 205 g/mol. The van der Waals surface area contributed by atoms with Crippen LogP contribution < -0.4 is 0 Å². The van der Waals surface area contributed by atoms with E-state index in [-0.39, 0.29) is 11.0 Å². The molecule has 1 fully saturated rings. The fraction of sp³-hybridized carbons (Fsp3) is 0.889. The van der Waals surface area contributed by atoms with E-state index in [1.165, 1.54) is 0 Å². The molecule has 1 aliphatic rings. The van der Waals surface area contributed by atoms with Gasteiger partial charge in [0.2, 0.25) is 6.41 Å². The van der Waals surface area contributed by atoms with Crippen LogP contribution in [0.1, 0.15) is 27.2 Å². The number of carbonyl (C=O) groups is 1. The lowest BCUT2D eigenvalue weighted by atomic mass is 10.2. The molecule has 0 aliphatic carbocycles. The summed E-state index contributed by atoms with van der Waals surface area (Å²) in [7, 11) is 1.71. The van der Waals surface area contributed by atoms with Gasteiger partial charge in [0.25, 0.3) is 0 Å². The molecular formula is C9H19NO2S. The van der Waals surface area contributed by atoms with Crippen LogP contribution in [0.4, 0.5) is 0 Å². The van der Waals surface area contributed by atoms with Crippen molar-refractivity contribution >= 4 is 19.0 Å². The largest absolute Gasteiger partial charge is 0.379 e. The Morgan fingerprint density at radius 1 is 1.54 bits per heavy atom. The Labute approximate surface area is 85.8 Å². The molecule has 13 heavy (non-hydrogen) atoms. The molecule has 0 radical (unpaired) electrons. The lowest BCUT2D eigenvalue weighted by Crippen LogP contribution is -2.42. The highest BCUT2D eigenvalue weighted by atomic mass is 32.1. The molecule has 3 nitrogen and oxygen atoms in total. The van der Waals surface area contributed by atoms with Crippen LogP contribution in [0, 0.1) is 0 Å². The summed E-state index contributed by atoms with van der Waals surface area (Å²) in [6.45, 7) is 6.95. The molecule has 1 atom stereocenters. The molecule has 4 heteroatoms. The topological polar surface area (TPSA) is 29.5 Å². The molecule has 1 heterocycles. The predicted molar refractivity (Wildman–Crippen MR) is 56.9 cm³/mol. The second-order valence-corrected chi connectivity index (χ2v) is 4.53. The van der Waals surface area contributed by atoms with E-state index in [4.69, 9.17) is 4.74 Å². The zero-order valence-corrected chi connectivity index (χ0v) is 9.67. The maximum absolute atomic E-state index is 9.87. The number of thiol groups is 1. The van der Waals surface area contributed by atoms with Crippen LogP contribution in [0.3, 0.4) is 0 Å². The Morgan fingerprint density at radius 3 is 2.00 bits per heavy atom. The standard InChI is InChI=1S/C5H12O.C4H7NOS/c1-5(2,3)6-4;6-3-5-2-1-4(5)7/h1-4H3;3-4,7H,1-2H2. The lowest BCUT2D eigenvalue weighted by molar-refractivity contribution is -0.122. The van der Waals surface area contributed by atoms with Crippen LogP contribution >= 0.6 is 12.6 Å². The van der Waals surface area contributed by atoms with Crippen molar-refractivity contribution in [2.75, 3.05) is 13.7 Å². The van der Waals surface area contributed by atoms with E-state index in [1.54, 1.807) is 12.0 Å². The first kappa shape index (κ1) is 12.8. The average Bonchev–Trinajstić information content (AvgIpc) is 2.03. The number of hydrogen-bond donors (Lipinski definition) is 1. The molecule has 1 amide bonds. The predicted octanol–water partition coefficient (Wildman–Crippen LogP) is 1.54. The van der Waals surface area contributed by atoms with Gasteiger partial charge in [-0.1, -0.05) is 0 Å². The highest BCUT2D eigenvalue weighted by molar-refractivity contribution is 7.81. The summed E-state index contributed by atoms with van der Waals surface area (Å²) >= 11 is 4.05. The fourth-order valence-electron chi connectivity index (χ4n) is 0.517. The quantitative estimate of drug-likeness (QED) is 0.520. The van der Waals surface area contributed by atoms with Crippen LogP contribution in [0.15, 0.2) is 0 Å². The van der Waals surface area contributed by atoms with E-state index in [0.29, 0.717) is 0 Å². The van der Waals surface area contributed by atoms with Gasteiger partial charge >= 0.3 is 0 Å². The van der Waals surface area contributed by atoms with Crippen molar-refractivity contribution < 1.29 is 9.53 Å². The molecule has 0 saturated carbocycles. The molecule has 0 aromatic carbocycles. The summed E-state index contributed by atoms with van der Waals surface area (Å²) in [4.78, 5) is 11.5. The third-order valence-electron chi connectivity index (χ3n) is 1.78. The molecule has 0 spiro atoms. The van der Waals surface area contributed by atoms with Crippen molar-refractivity contribution in [3.8, 4) is 0 Å². The van der Waals surface area contributed by atoms with Crippen LogP contribution in [0.2, 0.25) is 0 Å². The van der Waals surface area contributed by atoms with Gasteiger partial charge in [0.1, 0.15) is 0 Å². The Kier molecular flexibility index (Phi) is 5.40. The van der Waals surface area contributed by atoms with Crippen LogP contribution in [0.5, 0.6) is 0 Å². The summed E-state index contributed by atoms with van der Waals surface area (Å²) in [5.41, 5.74) is 0.0417. The number of rotatable bonds is 1. The lowest BCUT2D eigenvalue weighted by Gasteiger charge is -2.33. The fourth-order valence-corrected chi connectivity index (χ4v) is 0.802. The molecular weight excluding hydrogens is 186 g/mol. The first-order valence-corrected chi connectivity index (χ1v) is 4.86. The van der Waals surface area contributed by atoms with Crippen LogP contribution in [-0.2, 0) is 9.53 Å². The van der Waals surface area contributed by atoms with E-state index in [9.17, 15) is 4.79 Å². The number of carbonyl (C=O) groups excluding carboxylic acids is 1. The normalized spacial score (nSPS) is 21.3. The van der Waals surface area contributed by atoms with Crippen molar-refractivity contribution in [3.05, 3.63) is 0 Å². The number of methoxy groups -OCH3 is 1. The first-order chi connectivity index (χ1) is 5.90. The summed E-state index contributed by atoms with van der Waals surface area (Å²) in [6, 6.07) is 0. The highest BCUT2D eigenvalue weighted by Crippen LogP contribution is 2.16. The molecule has 1 unspecified atom stereocenters. The summed E-state index contributed by atoms with van der Waals surface area (Å²) in [5.74, 6) is 0. The Hall–Kier alpha value is -0.220. The van der Waals surface area contributed by atoms with Gasteiger partial charge in [-0.2, -0.15) is 12.6 Å². The van der Waals surface area contributed by atoms with Crippen molar-refractivity contribution in [3.63, 3.8) is 0 Å². The van der Waals surface area contributed by atoms with E-state index in [2.05, 4.69) is 12.6 Å². The van der Waals surface area contributed by atoms with Gasteiger partial charge in [0.05, 0.1) is 11.0 Å². The Balaban J connectivity index is 0.000000226. The van der Waals surface area contributed by atoms with Crippen molar-refractivity contribution in [1.29, 1.82) is 0 Å². The van der Waals surface area contributed by atoms with Gasteiger partial charge < -0.3 is 9.64 Å². The molecule has 0 N–H and O–H groups in total. The molecule has 78 valence electrons. The molecule has 0 aromatic heterocycles. The maximum atomic E-state index is 9.87. The highest BCUT2D eigenvalue weighted by Gasteiger charge is 2.21. The first-order valence-electron chi connectivity index (χ1n) is 4.35. The second kappa shape index (κ2) is 5.50. The maximum Gasteiger partial charge on any atom is 0.210 e. The minimum Gasteiger partial charge on any atom is -0.379 e. The smallest absolute Gasteiger partial charge is 0.210 e. The summed E-state index contributed by atoms with van der Waals surface area (Å²) in [6.07, 6.45) is 1.88. The van der Waals surface area contributed by atoms with E-state index in [1.807, 2.05) is 20.8 Å². The molecule has 1 aliphatic heterocycles. The molecule has 0 aromatic rings. The van der Waals surface area contributed by atoms with Crippen LogP contribution in [0.25, 0.3) is 0 Å². The van der Waals surface area contributed by atoms with Crippen LogP contribution in [-0.4, -0.2) is 35.9 Å². The van der Waals surface area contributed by atoms with Gasteiger partial charge in [-0.05, 0) is 27.2 Å². The Morgan fingerprint density at radius 2 is 2.00 bits per heavy atom. The van der Waals surface area contributed by atoms with Gasteiger partial charge in [-0.25, -0.2) is 0 Å². The third kappa shape index (κ3) is 5.93. The number of ether oxygens (including phenoxy) is 1. The molecule has 1 rings (SSSR count). The van der Waals surface area contributed by atoms with E-state index >= 15 is 0 Å². The van der Waals surface area contributed by atoms with E-state index in [0.717, 1.165) is 19.4 Å². The summed E-state index contributed by atoms with van der Waals surface area (Å²) in [5, 5.41) is 0.206. The number of amides is 1. The van der Waals surface area contributed by atoms with Crippen molar-refractivity contribution in [1.82, 2.24) is 4.90 Å². The van der Waals surface area contributed by atoms with Gasteiger partial charge in [-0.15, -0.1) is 0 Å². The zero-order chi connectivity index (χ0) is 10.5. The molecule has 0 bridgehead atoms. The minimum absolute atomic E-state index is 0.0417. The molecule has 1 saturated heterocycles. The number of likely N-dealkylation sites (tertiary alicyclic amines) is 1. The second-order valence-electron chi connectivity index (χ2n) is 3.93. The number of hydrogen-bond acceptors (Lipinski definition) is 3. The zero-order valence-electron chi connectivity index (χ0n) is 8.78. The van der Waals surface area contributed by atoms with Gasteiger partial charge in [-0.3, -0.25) is 4.79 Å². The van der Waals surface area contributed by atoms with Crippen molar-refractivity contribution in [2.45, 2.75) is 38.2 Å². The number of nitrogens with zero attached hydrogens (tertiary/aromatic N) is 1. The minimum atomic E-state index is 0.0417. The monoisotopic (exact) mass is 205 g/mol. The summed E-state index contributed by atoms with van der Waals surface area (Å²) < 4.78 is 4.94. The Bertz CT molecular complexity index is 156.